The van der Waals surface area contributed by atoms with Crippen LogP contribution in [-0.4, -0.2) is 71.9 Å². The highest BCUT2D eigenvalue weighted by atomic mass is 19.4. The first-order chi connectivity index (χ1) is 20.5. The number of carbonyl (C=O) groups is 3. The van der Waals surface area contributed by atoms with E-state index in [1.165, 1.54) is 23.4 Å². The Labute approximate surface area is 244 Å². The highest BCUT2D eigenvalue weighted by Gasteiger charge is 2.39. The van der Waals surface area contributed by atoms with E-state index in [1.807, 2.05) is 0 Å². The van der Waals surface area contributed by atoms with Crippen LogP contribution < -0.4 is 20.5 Å². The summed E-state index contributed by atoms with van der Waals surface area (Å²) in [6.07, 6.45) is -1.09. The van der Waals surface area contributed by atoms with Crippen molar-refractivity contribution >= 4 is 29.6 Å². The molecule has 0 bridgehead atoms. The van der Waals surface area contributed by atoms with Gasteiger partial charge in [0.25, 0.3) is 5.91 Å². The van der Waals surface area contributed by atoms with Crippen LogP contribution in [0.3, 0.4) is 0 Å². The number of aliphatic imine (C=N–C) groups is 1. The molecule has 5 rings (SSSR count). The van der Waals surface area contributed by atoms with Gasteiger partial charge in [-0.3, -0.25) is 29.6 Å². The van der Waals surface area contributed by atoms with Gasteiger partial charge in [-0.25, -0.2) is 0 Å². The molecule has 0 aliphatic carbocycles. The van der Waals surface area contributed by atoms with Crippen LogP contribution in [0.5, 0.6) is 11.5 Å². The Balaban J connectivity index is 1.17. The smallest absolute Gasteiger partial charge is 0.489 e. The predicted octanol–water partition coefficient (Wildman–Crippen LogP) is 2.92. The Morgan fingerprint density at radius 3 is 2.70 bits per heavy atom. The highest BCUT2D eigenvalue weighted by molar-refractivity contribution is 6.05. The van der Waals surface area contributed by atoms with Gasteiger partial charge in [0.15, 0.2) is 0 Å². The van der Waals surface area contributed by atoms with Crippen LogP contribution in [0.4, 0.5) is 18.9 Å². The summed E-state index contributed by atoms with van der Waals surface area (Å²) in [6, 6.07) is 9.68. The van der Waals surface area contributed by atoms with E-state index in [-0.39, 0.29) is 48.6 Å². The van der Waals surface area contributed by atoms with Gasteiger partial charge in [-0.15, -0.1) is 13.2 Å². The minimum absolute atomic E-state index is 0.0358. The molecule has 0 saturated carbocycles. The van der Waals surface area contributed by atoms with Crippen LogP contribution in [0.2, 0.25) is 0 Å². The van der Waals surface area contributed by atoms with Crippen molar-refractivity contribution in [2.45, 2.75) is 44.3 Å². The normalized spacial score (nSPS) is 21.2. The van der Waals surface area contributed by atoms with Gasteiger partial charge in [-0.05, 0) is 60.5 Å². The number of rotatable bonds is 8. The summed E-state index contributed by atoms with van der Waals surface area (Å²) in [5.41, 5.74) is 7.69. The lowest BCUT2D eigenvalue weighted by Crippen LogP contribution is -2.52. The summed E-state index contributed by atoms with van der Waals surface area (Å²) in [4.78, 5) is 44.5. The largest absolute Gasteiger partial charge is 0.573 e. The standard InChI is InChI=1S/C29H27F3N6O5/c30-29(31,32)43-23-8-17(11-33)7-20(10-23)35-13-18(12-34)14-37-6-5-22(16-37)42-21-1-2-24-19(9-21)15-38(28(24)41)25-3-4-26(39)36-27(25)40/h1-2,7-10,12-13,22,25H,3-6,14-16,34H2,(H,36,39,40)/b18-12+,35-13?/t22-,25+/m0/s1. The minimum atomic E-state index is -4.90. The van der Waals surface area contributed by atoms with Crippen molar-refractivity contribution in [3.8, 4) is 17.6 Å². The third-order valence-corrected chi connectivity index (χ3v) is 7.28. The van der Waals surface area contributed by atoms with Crippen LogP contribution in [0.15, 0.2) is 53.2 Å². The van der Waals surface area contributed by atoms with Crippen molar-refractivity contribution in [1.29, 1.82) is 5.26 Å². The lowest BCUT2D eigenvalue weighted by molar-refractivity contribution is -0.274. The fourth-order valence-electron chi connectivity index (χ4n) is 5.32. The quantitative estimate of drug-likeness (QED) is 0.349. The van der Waals surface area contributed by atoms with Crippen molar-refractivity contribution in [3.05, 3.63) is 64.9 Å². The average molecular weight is 597 g/mol. The molecule has 0 unspecified atom stereocenters. The van der Waals surface area contributed by atoms with Gasteiger partial charge in [0.05, 0.1) is 17.3 Å². The van der Waals surface area contributed by atoms with Gasteiger partial charge in [0, 0.05) is 50.4 Å². The molecular formula is C29H27F3N6O5. The van der Waals surface area contributed by atoms with Crippen LogP contribution >= 0.6 is 0 Å². The highest BCUT2D eigenvalue weighted by Crippen LogP contribution is 2.31. The van der Waals surface area contributed by atoms with E-state index >= 15 is 0 Å². The molecule has 0 spiro atoms. The fourth-order valence-corrected chi connectivity index (χ4v) is 5.32. The van der Waals surface area contributed by atoms with Crippen molar-refractivity contribution < 1.29 is 37.0 Å². The Morgan fingerprint density at radius 2 is 1.98 bits per heavy atom. The van der Waals surface area contributed by atoms with Crippen LogP contribution in [-0.2, 0) is 16.1 Å². The molecule has 2 aromatic rings. The number of carbonyl (C=O) groups excluding carboxylic acids is 3. The molecule has 43 heavy (non-hydrogen) atoms. The first-order valence-corrected chi connectivity index (χ1v) is 13.4. The molecule has 0 aromatic heterocycles. The average Bonchev–Trinajstić information content (AvgIpc) is 3.53. The number of piperidine rings is 1. The second-order valence-electron chi connectivity index (χ2n) is 10.4. The number of hydrogen-bond donors (Lipinski definition) is 2. The number of nitriles is 1. The zero-order chi connectivity index (χ0) is 30.7. The number of amides is 3. The molecule has 3 aliphatic heterocycles. The lowest BCUT2D eigenvalue weighted by Gasteiger charge is -2.29. The summed E-state index contributed by atoms with van der Waals surface area (Å²) in [6.45, 7) is 1.91. The lowest BCUT2D eigenvalue weighted by atomic mass is 10.0. The Kier molecular flexibility index (Phi) is 8.36. The van der Waals surface area contributed by atoms with E-state index in [0.717, 1.165) is 24.1 Å². The summed E-state index contributed by atoms with van der Waals surface area (Å²) >= 11 is 0. The third-order valence-electron chi connectivity index (χ3n) is 7.28. The molecule has 2 saturated heterocycles. The van der Waals surface area contributed by atoms with E-state index in [2.05, 4.69) is 19.9 Å². The number of nitrogens with one attached hydrogen (secondary N) is 1. The molecule has 2 atom stereocenters. The van der Waals surface area contributed by atoms with Crippen molar-refractivity contribution in [2.24, 2.45) is 10.7 Å². The summed E-state index contributed by atoms with van der Waals surface area (Å²) in [5.74, 6) is -1.02. The zero-order valence-electron chi connectivity index (χ0n) is 22.8. The molecule has 3 N–H and O–H groups in total. The van der Waals surface area contributed by atoms with Gasteiger partial charge < -0.3 is 20.1 Å². The zero-order valence-corrected chi connectivity index (χ0v) is 22.8. The topological polar surface area (TPSA) is 150 Å². The number of nitrogens with two attached hydrogens (primary N) is 1. The molecule has 2 fully saturated rings. The minimum Gasteiger partial charge on any atom is -0.489 e. The molecule has 3 aliphatic rings. The van der Waals surface area contributed by atoms with Crippen LogP contribution in [0.25, 0.3) is 0 Å². The van der Waals surface area contributed by atoms with E-state index in [0.29, 0.717) is 36.5 Å². The van der Waals surface area contributed by atoms with Crippen molar-refractivity contribution in [1.82, 2.24) is 15.1 Å². The summed E-state index contributed by atoms with van der Waals surface area (Å²) in [7, 11) is 0. The summed E-state index contributed by atoms with van der Waals surface area (Å²) in [5, 5.41) is 11.4. The van der Waals surface area contributed by atoms with Gasteiger partial charge in [-0.2, -0.15) is 5.26 Å². The summed E-state index contributed by atoms with van der Waals surface area (Å²) < 4.78 is 48.0. The maximum absolute atomic E-state index is 12.9. The maximum atomic E-state index is 12.9. The number of hydrogen-bond acceptors (Lipinski definition) is 9. The third kappa shape index (κ3) is 7.12. The maximum Gasteiger partial charge on any atom is 0.573 e. The second kappa shape index (κ2) is 12.1. The van der Waals surface area contributed by atoms with E-state index in [1.54, 1.807) is 24.3 Å². The number of alkyl halides is 3. The Bertz CT molecular complexity index is 1550. The molecule has 14 heteroatoms. The van der Waals surface area contributed by atoms with Crippen molar-refractivity contribution in [2.75, 3.05) is 19.6 Å². The molecule has 3 amide bonds. The number of nitrogens with zero attached hydrogens (tertiary/aromatic N) is 4. The molecular weight excluding hydrogens is 569 g/mol. The first-order valence-electron chi connectivity index (χ1n) is 13.4. The van der Waals surface area contributed by atoms with E-state index in [9.17, 15) is 27.6 Å². The number of likely N-dealkylation sites (tertiary alicyclic amines) is 1. The molecule has 11 nitrogen and oxygen atoms in total. The van der Waals surface area contributed by atoms with Gasteiger partial charge in [0.2, 0.25) is 11.8 Å². The number of ether oxygens (including phenoxy) is 2. The van der Waals surface area contributed by atoms with E-state index in [4.69, 9.17) is 15.7 Å². The number of halogens is 3. The number of fused-ring (bicyclic) bond motifs is 1. The van der Waals surface area contributed by atoms with Gasteiger partial charge in [-0.1, -0.05) is 0 Å². The van der Waals surface area contributed by atoms with Crippen molar-refractivity contribution in [3.63, 3.8) is 0 Å². The number of imide groups is 1. The fraction of sp³-hybridized carbons (Fsp3) is 0.345. The van der Waals surface area contributed by atoms with E-state index < -0.39 is 24.1 Å². The molecule has 2 aromatic carbocycles. The molecule has 224 valence electrons. The molecule has 3 heterocycles. The van der Waals surface area contributed by atoms with Gasteiger partial charge >= 0.3 is 6.36 Å². The first kappa shape index (κ1) is 29.6. The van der Waals surface area contributed by atoms with Gasteiger partial charge in [0.1, 0.15) is 23.6 Å². The predicted molar refractivity (Wildman–Crippen MR) is 146 cm³/mol. The van der Waals surface area contributed by atoms with Crippen LogP contribution in [0.1, 0.15) is 40.7 Å². The second-order valence-corrected chi connectivity index (χ2v) is 10.4. The monoisotopic (exact) mass is 596 g/mol. The Morgan fingerprint density at radius 1 is 1.16 bits per heavy atom. The Hall–Kier alpha value is -4.90. The molecule has 0 radical (unpaired) electrons. The SMILES string of the molecule is N#Cc1cc(N=C/C(=C\N)CN2CC[C@H](Oc3ccc4c(c3)CN([C@@H]3CCC(=O)NC3=O)C4=O)C2)cc(OC(F)(F)F)c1. The number of benzene rings is 2. The van der Waals surface area contributed by atoms with Crippen LogP contribution in [0, 0.1) is 11.3 Å².